The van der Waals surface area contributed by atoms with E-state index in [0.29, 0.717) is 6.54 Å². The van der Waals surface area contributed by atoms with Crippen LogP contribution in [0.3, 0.4) is 0 Å². The van der Waals surface area contributed by atoms with E-state index in [2.05, 4.69) is 73.7 Å². The van der Waals surface area contributed by atoms with Gasteiger partial charge in [-0.3, -0.25) is 4.99 Å². The maximum atomic E-state index is 4.46. The number of imidazole rings is 1. The number of nitrogens with one attached hydrogen (secondary N) is 2. The molecule has 0 atom stereocenters. The molecule has 0 amide bonds. The molecule has 0 fully saturated rings. The van der Waals surface area contributed by atoms with E-state index >= 15 is 0 Å². The fourth-order valence-electron chi connectivity index (χ4n) is 2.78. The van der Waals surface area contributed by atoms with Crippen molar-refractivity contribution < 1.29 is 0 Å². The van der Waals surface area contributed by atoms with Crippen LogP contribution in [-0.2, 0) is 19.5 Å². The quantitative estimate of drug-likeness (QED) is 0.510. The predicted octanol–water partition coefficient (Wildman–Crippen LogP) is 2.84. The molecule has 0 aliphatic carbocycles. The Hall–Kier alpha value is -3.08. The lowest BCUT2D eigenvalue weighted by molar-refractivity contribution is 0.687. The van der Waals surface area contributed by atoms with Gasteiger partial charge < -0.3 is 15.2 Å². The first kappa shape index (κ1) is 17.7. The Morgan fingerprint density at radius 1 is 0.962 bits per heavy atom. The third-order valence-electron chi connectivity index (χ3n) is 4.18. The van der Waals surface area contributed by atoms with Gasteiger partial charge in [0, 0.05) is 32.5 Å². The third-order valence-corrected chi connectivity index (χ3v) is 4.18. The smallest absolute Gasteiger partial charge is 0.191 e. The highest BCUT2D eigenvalue weighted by Crippen LogP contribution is 2.05. The second-order valence-corrected chi connectivity index (χ2v) is 6.05. The first-order chi connectivity index (χ1) is 12.8. The maximum Gasteiger partial charge on any atom is 0.191 e. The minimum Gasteiger partial charge on any atom is -0.356 e. The number of hydrogen-bond donors (Lipinski definition) is 2. The Kier molecular flexibility index (Phi) is 6.42. The molecule has 3 aromatic rings. The highest BCUT2D eigenvalue weighted by molar-refractivity contribution is 5.79. The second kappa shape index (κ2) is 9.42. The molecule has 0 aliphatic rings. The lowest BCUT2D eigenvalue weighted by Gasteiger charge is -2.13. The zero-order chi connectivity index (χ0) is 18.0. The van der Waals surface area contributed by atoms with Gasteiger partial charge in [-0.2, -0.15) is 0 Å². The molecule has 0 radical (unpaired) electrons. The van der Waals surface area contributed by atoms with Crippen molar-refractivity contribution in [2.24, 2.45) is 4.99 Å². The molecule has 1 heterocycles. The number of rotatable bonds is 7. The zero-order valence-electron chi connectivity index (χ0n) is 15.1. The van der Waals surface area contributed by atoms with Crippen LogP contribution in [0.4, 0.5) is 0 Å². The van der Waals surface area contributed by atoms with E-state index in [0.717, 1.165) is 31.3 Å². The van der Waals surface area contributed by atoms with Crippen LogP contribution in [0.2, 0.25) is 0 Å². The highest BCUT2D eigenvalue weighted by Gasteiger charge is 2.05. The number of aromatic nitrogens is 2. The van der Waals surface area contributed by atoms with E-state index in [4.69, 9.17) is 0 Å². The maximum absolute atomic E-state index is 4.46. The van der Waals surface area contributed by atoms with E-state index in [1.165, 1.54) is 11.1 Å². The summed E-state index contributed by atoms with van der Waals surface area (Å²) in [6, 6.07) is 20.8. The van der Waals surface area contributed by atoms with Crippen molar-refractivity contribution in [2.45, 2.75) is 19.5 Å². The predicted molar refractivity (Wildman–Crippen MR) is 106 cm³/mol. The van der Waals surface area contributed by atoms with E-state index < -0.39 is 0 Å². The Bertz CT molecular complexity index is 809. The average molecular weight is 347 g/mol. The van der Waals surface area contributed by atoms with Gasteiger partial charge >= 0.3 is 0 Å². The normalized spacial score (nSPS) is 11.3. The van der Waals surface area contributed by atoms with Crippen molar-refractivity contribution in [2.75, 3.05) is 13.6 Å². The number of hydrogen-bond acceptors (Lipinski definition) is 2. The van der Waals surface area contributed by atoms with E-state index in [9.17, 15) is 0 Å². The van der Waals surface area contributed by atoms with Crippen LogP contribution in [0.15, 0.2) is 78.0 Å². The molecule has 0 saturated carbocycles. The molecule has 0 unspecified atom stereocenters. The topological polar surface area (TPSA) is 54.2 Å². The number of benzene rings is 2. The van der Waals surface area contributed by atoms with Crippen molar-refractivity contribution in [3.63, 3.8) is 0 Å². The van der Waals surface area contributed by atoms with E-state index in [1.54, 1.807) is 7.05 Å². The summed E-state index contributed by atoms with van der Waals surface area (Å²) in [6.45, 7) is 2.28. The Balaban J connectivity index is 1.49. The summed E-state index contributed by atoms with van der Waals surface area (Å²) in [5, 5.41) is 6.69. The van der Waals surface area contributed by atoms with Crippen molar-refractivity contribution in [1.82, 2.24) is 20.2 Å². The molecule has 2 aromatic carbocycles. The summed E-state index contributed by atoms with van der Waals surface area (Å²) in [5.41, 5.74) is 2.57. The van der Waals surface area contributed by atoms with Crippen LogP contribution in [0.5, 0.6) is 0 Å². The largest absolute Gasteiger partial charge is 0.356 e. The van der Waals surface area contributed by atoms with Gasteiger partial charge in [0.2, 0.25) is 0 Å². The average Bonchev–Trinajstić information content (AvgIpc) is 3.13. The Morgan fingerprint density at radius 2 is 1.65 bits per heavy atom. The van der Waals surface area contributed by atoms with Crippen molar-refractivity contribution in [3.8, 4) is 0 Å². The van der Waals surface area contributed by atoms with Crippen LogP contribution in [0.25, 0.3) is 0 Å². The van der Waals surface area contributed by atoms with Crippen LogP contribution >= 0.6 is 0 Å². The Morgan fingerprint density at radius 3 is 2.35 bits per heavy atom. The Labute approximate surface area is 154 Å². The van der Waals surface area contributed by atoms with Gasteiger partial charge in [0.25, 0.3) is 0 Å². The monoisotopic (exact) mass is 347 g/mol. The van der Waals surface area contributed by atoms with E-state index in [-0.39, 0.29) is 0 Å². The molecule has 0 bridgehead atoms. The standard InChI is InChI=1S/C21H25N5/c1-22-21(24-13-12-18-8-4-2-5-9-18)25-16-20-23-14-15-26(20)17-19-10-6-3-7-11-19/h2-11,14-15H,12-13,16-17H2,1H3,(H2,22,24,25). The summed E-state index contributed by atoms with van der Waals surface area (Å²) >= 11 is 0. The summed E-state index contributed by atoms with van der Waals surface area (Å²) in [6.07, 6.45) is 4.81. The number of nitrogens with zero attached hydrogens (tertiary/aromatic N) is 3. The summed E-state index contributed by atoms with van der Waals surface area (Å²) < 4.78 is 2.15. The molecule has 134 valence electrons. The van der Waals surface area contributed by atoms with Crippen LogP contribution < -0.4 is 10.6 Å². The SMILES string of the molecule is CN=C(NCCc1ccccc1)NCc1nccn1Cc1ccccc1. The highest BCUT2D eigenvalue weighted by atomic mass is 15.2. The first-order valence-electron chi connectivity index (χ1n) is 8.87. The van der Waals surface area contributed by atoms with E-state index in [1.807, 2.05) is 24.5 Å². The van der Waals surface area contributed by atoms with Gasteiger partial charge in [-0.15, -0.1) is 0 Å². The van der Waals surface area contributed by atoms with Gasteiger partial charge in [0.05, 0.1) is 6.54 Å². The molecule has 26 heavy (non-hydrogen) atoms. The minimum absolute atomic E-state index is 0.630. The van der Waals surface area contributed by atoms with Gasteiger partial charge in [-0.05, 0) is 17.5 Å². The van der Waals surface area contributed by atoms with Gasteiger partial charge in [-0.25, -0.2) is 4.98 Å². The molecule has 5 heteroatoms. The lowest BCUT2D eigenvalue weighted by Crippen LogP contribution is -2.38. The lowest BCUT2D eigenvalue weighted by atomic mass is 10.1. The van der Waals surface area contributed by atoms with Gasteiger partial charge in [0.1, 0.15) is 5.82 Å². The van der Waals surface area contributed by atoms with Crippen molar-refractivity contribution in [3.05, 3.63) is 90.0 Å². The molecular formula is C21H25N5. The third kappa shape index (κ3) is 5.21. The summed E-state index contributed by atoms with van der Waals surface area (Å²) in [7, 11) is 1.79. The van der Waals surface area contributed by atoms with Crippen LogP contribution in [0, 0.1) is 0 Å². The molecule has 1 aromatic heterocycles. The summed E-state index contributed by atoms with van der Waals surface area (Å²) in [5.74, 6) is 1.77. The molecule has 5 nitrogen and oxygen atoms in total. The van der Waals surface area contributed by atoms with Gasteiger partial charge in [-0.1, -0.05) is 60.7 Å². The van der Waals surface area contributed by atoms with Crippen LogP contribution in [-0.4, -0.2) is 29.1 Å². The molecular weight excluding hydrogens is 322 g/mol. The molecule has 0 aliphatic heterocycles. The van der Waals surface area contributed by atoms with Gasteiger partial charge in [0.15, 0.2) is 5.96 Å². The van der Waals surface area contributed by atoms with Crippen LogP contribution in [0.1, 0.15) is 17.0 Å². The second-order valence-electron chi connectivity index (χ2n) is 6.05. The number of aliphatic imine (C=N–C) groups is 1. The fraction of sp³-hybridized carbons (Fsp3) is 0.238. The van der Waals surface area contributed by atoms with Crippen molar-refractivity contribution >= 4 is 5.96 Å². The minimum atomic E-state index is 0.630. The fourth-order valence-corrected chi connectivity index (χ4v) is 2.78. The molecule has 0 spiro atoms. The summed E-state index contributed by atoms with van der Waals surface area (Å²) in [4.78, 5) is 8.75. The number of guanidine groups is 1. The molecule has 2 N–H and O–H groups in total. The zero-order valence-corrected chi connectivity index (χ0v) is 15.1. The van der Waals surface area contributed by atoms with Crippen molar-refractivity contribution in [1.29, 1.82) is 0 Å². The molecule has 0 saturated heterocycles. The first-order valence-corrected chi connectivity index (χ1v) is 8.87. The molecule has 3 rings (SSSR count).